The van der Waals surface area contributed by atoms with Crippen LogP contribution in [0, 0.1) is 0 Å². The highest BCUT2D eigenvalue weighted by molar-refractivity contribution is 5.85. The Bertz CT molecular complexity index is 784. The first-order chi connectivity index (χ1) is 13.7. The molecule has 2 nitrogen and oxygen atoms in total. The van der Waals surface area contributed by atoms with Crippen molar-refractivity contribution < 1.29 is 26.3 Å². The molecule has 1 N–H and O–H groups in total. The molecule has 1 saturated heterocycles. The first kappa shape index (κ1) is 27.6. The van der Waals surface area contributed by atoms with E-state index in [9.17, 15) is 26.3 Å². The van der Waals surface area contributed by atoms with Gasteiger partial charge in [-0.3, -0.25) is 4.90 Å². The summed E-state index contributed by atoms with van der Waals surface area (Å²) in [4.78, 5) is 2.11. The van der Waals surface area contributed by atoms with Gasteiger partial charge in [0.25, 0.3) is 0 Å². The smallest absolute Gasteiger partial charge is 0.300 e. The standard InChI is InChI=1S/C21H22F6N2.2ClH/c22-20(23,24)17-11-15(13-28-14-29-9-5-2-6-10-29)12-18(21(25,26)27)19(17)16-7-3-1-4-8-16;;/h1,3-4,7-8,11-12,28H,2,5-6,9-10,13-14H2;2*1H. The Morgan fingerprint density at radius 1 is 0.774 bits per heavy atom. The Hall–Kier alpha value is -1.48. The molecular weight excluding hydrogens is 465 g/mol. The minimum atomic E-state index is -4.91. The molecule has 0 radical (unpaired) electrons. The lowest BCUT2D eigenvalue weighted by molar-refractivity contribution is -0.142. The van der Waals surface area contributed by atoms with Crippen molar-refractivity contribution >= 4 is 24.8 Å². The third-order valence-electron chi connectivity index (χ3n) is 4.98. The molecule has 1 fully saturated rings. The number of alkyl halides is 6. The van der Waals surface area contributed by atoms with Crippen LogP contribution in [0.2, 0.25) is 0 Å². The van der Waals surface area contributed by atoms with Crippen LogP contribution in [0.5, 0.6) is 0 Å². The second-order valence-corrected chi connectivity index (χ2v) is 7.19. The second-order valence-electron chi connectivity index (χ2n) is 7.19. The van der Waals surface area contributed by atoms with Crippen LogP contribution in [0.4, 0.5) is 26.3 Å². The maximum absolute atomic E-state index is 13.7. The topological polar surface area (TPSA) is 15.3 Å². The van der Waals surface area contributed by atoms with Crippen LogP contribution >= 0.6 is 24.8 Å². The van der Waals surface area contributed by atoms with Gasteiger partial charge in [0.1, 0.15) is 0 Å². The molecule has 0 atom stereocenters. The second kappa shape index (κ2) is 11.4. The molecule has 1 heterocycles. The van der Waals surface area contributed by atoms with Crippen molar-refractivity contribution in [2.75, 3.05) is 19.8 Å². The molecule has 10 heteroatoms. The number of nitrogens with zero attached hydrogens (tertiary/aromatic N) is 1. The quantitative estimate of drug-likeness (QED) is 0.467. The van der Waals surface area contributed by atoms with E-state index in [1.165, 1.54) is 24.3 Å². The van der Waals surface area contributed by atoms with Crippen LogP contribution in [-0.2, 0) is 18.9 Å². The molecule has 0 aromatic heterocycles. The zero-order chi connectivity index (χ0) is 21.1. The molecule has 0 spiro atoms. The Morgan fingerprint density at radius 3 is 1.77 bits per heavy atom. The highest BCUT2D eigenvalue weighted by atomic mass is 35.5. The monoisotopic (exact) mass is 488 g/mol. The SMILES string of the molecule is Cl.Cl.FC(F)(F)c1cc(CNCN2CCCCC2)cc(C(F)(F)F)c1-c1ccccc1. The van der Waals surface area contributed by atoms with E-state index in [0.717, 1.165) is 44.5 Å². The van der Waals surface area contributed by atoms with Crippen LogP contribution in [-0.4, -0.2) is 24.7 Å². The number of rotatable bonds is 5. The zero-order valence-electron chi connectivity index (χ0n) is 16.5. The molecule has 0 saturated carbocycles. The number of nitrogens with one attached hydrogen (secondary N) is 1. The number of halogens is 8. The third-order valence-corrected chi connectivity index (χ3v) is 4.98. The van der Waals surface area contributed by atoms with E-state index in [2.05, 4.69) is 10.2 Å². The van der Waals surface area contributed by atoms with E-state index in [-0.39, 0.29) is 42.5 Å². The number of hydrogen-bond acceptors (Lipinski definition) is 2. The van der Waals surface area contributed by atoms with Crippen molar-refractivity contribution in [2.24, 2.45) is 0 Å². The summed E-state index contributed by atoms with van der Waals surface area (Å²) in [6, 6.07) is 8.54. The first-order valence-corrected chi connectivity index (χ1v) is 9.46. The van der Waals surface area contributed by atoms with Gasteiger partial charge < -0.3 is 5.32 Å². The molecule has 0 bridgehead atoms. The van der Waals surface area contributed by atoms with Crippen molar-refractivity contribution in [3.05, 3.63) is 59.2 Å². The van der Waals surface area contributed by atoms with Crippen molar-refractivity contribution in [2.45, 2.75) is 38.2 Å². The summed E-state index contributed by atoms with van der Waals surface area (Å²) < 4.78 is 82.2. The average Bonchev–Trinajstić information content (AvgIpc) is 2.67. The number of hydrogen-bond donors (Lipinski definition) is 1. The summed E-state index contributed by atoms with van der Waals surface area (Å²) in [6.07, 6.45) is -6.59. The van der Waals surface area contributed by atoms with Crippen molar-refractivity contribution in [3.8, 4) is 11.1 Å². The normalized spacial score (nSPS) is 15.2. The summed E-state index contributed by atoms with van der Waals surface area (Å²) in [5.74, 6) is 0. The van der Waals surface area contributed by atoms with Crippen molar-refractivity contribution in [1.29, 1.82) is 0 Å². The fraction of sp³-hybridized carbons (Fsp3) is 0.429. The first-order valence-electron chi connectivity index (χ1n) is 9.46. The zero-order valence-corrected chi connectivity index (χ0v) is 18.2. The molecule has 0 aliphatic carbocycles. The molecule has 1 aliphatic heterocycles. The minimum Gasteiger partial charge on any atom is -0.300 e. The lowest BCUT2D eigenvalue weighted by Gasteiger charge is -2.27. The van der Waals surface area contributed by atoms with E-state index >= 15 is 0 Å². The lowest BCUT2D eigenvalue weighted by atomic mass is 9.91. The molecule has 3 rings (SSSR count). The molecule has 31 heavy (non-hydrogen) atoms. The van der Waals surface area contributed by atoms with E-state index in [4.69, 9.17) is 0 Å². The largest absolute Gasteiger partial charge is 0.417 e. The Labute approximate surface area is 189 Å². The summed E-state index contributed by atoms with van der Waals surface area (Å²) in [7, 11) is 0. The molecular formula is C21H24Cl2F6N2. The van der Waals surface area contributed by atoms with Crippen LogP contribution in [0.15, 0.2) is 42.5 Å². The summed E-state index contributed by atoms with van der Waals surface area (Å²) >= 11 is 0. The van der Waals surface area contributed by atoms with Gasteiger partial charge in [0, 0.05) is 18.8 Å². The summed E-state index contributed by atoms with van der Waals surface area (Å²) in [5.41, 5.74) is -3.52. The van der Waals surface area contributed by atoms with Crippen LogP contribution < -0.4 is 5.32 Å². The lowest BCUT2D eigenvalue weighted by Crippen LogP contribution is -2.37. The fourth-order valence-corrected chi connectivity index (χ4v) is 3.64. The van der Waals surface area contributed by atoms with Gasteiger partial charge in [-0.1, -0.05) is 36.8 Å². The number of benzene rings is 2. The number of piperidine rings is 1. The highest BCUT2D eigenvalue weighted by Crippen LogP contribution is 2.45. The predicted molar refractivity (Wildman–Crippen MR) is 114 cm³/mol. The average molecular weight is 489 g/mol. The maximum Gasteiger partial charge on any atom is 0.417 e. The van der Waals surface area contributed by atoms with Gasteiger partial charge in [0.05, 0.1) is 11.1 Å². The van der Waals surface area contributed by atoms with Gasteiger partial charge >= 0.3 is 12.4 Å². The fourth-order valence-electron chi connectivity index (χ4n) is 3.64. The van der Waals surface area contributed by atoms with E-state index < -0.39 is 29.0 Å². The molecule has 2 aromatic carbocycles. The molecule has 1 aliphatic rings. The Balaban J connectivity index is 0.00000240. The van der Waals surface area contributed by atoms with Gasteiger partial charge in [-0.2, -0.15) is 26.3 Å². The highest BCUT2D eigenvalue weighted by Gasteiger charge is 2.41. The van der Waals surface area contributed by atoms with Gasteiger partial charge in [0.2, 0.25) is 0 Å². The maximum atomic E-state index is 13.7. The van der Waals surface area contributed by atoms with E-state index in [0.29, 0.717) is 6.67 Å². The van der Waals surface area contributed by atoms with Crippen molar-refractivity contribution in [3.63, 3.8) is 0 Å². The molecule has 174 valence electrons. The van der Waals surface area contributed by atoms with Gasteiger partial charge in [0.15, 0.2) is 0 Å². The Morgan fingerprint density at radius 2 is 1.29 bits per heavy atom. The van der Waals surface area contributed by atoms with E-state index in [1.54, 1.807) is 6.07 Å². The van der Waals surface area contributed by atoms with Crippen LogP contribution in [0.1, 0.15) is 36.0 Å². The molecule has 2 aromatic rings. The summed E-state index contributed by atoms with van der Waals surface area (Å²) in [6.45, 7) is 2.12. The predicted octanol–water partition coefficient (Wildman–Crippen LogP) is 6.77. The van der Waals surface area contributed by atoms with Crippen LogP contribution in [0.25, 0.3) is 11.1 Å². The third kappa shape index (κ3) is 7.27. The van der Waals surface area contributed by atoms with Crippen LogP contribution in [0.3, 0.4) is 0 Å². The van der Waals surface area contributed by atoms with Gasteiger partial charge in [-0.15, -0.1) is 24.8 Å². The summed E-state index contributed by atoms with van der Waals surface area (Å²) in [5, 5.41) is 2.98. The number of likely N-dealkylation sites (tertiary alicyclic amines) is 1. The molecule has 0 amide bonds. The van der Waals surface area contributed by atoms with E-state index in [1.807, 2.05) is 0 Å². The minimum absolute atomic E-state index is 0. The van der Waals surface area contributed by atoms with Gasteiger partial charge in [-0.05, 0) is 49.2 Å². The van der Waals surface area contributed by atoms with Crippen molar-refractivity contribution in [1.82, 2.24) is 10.2 Å². The Kier molecular flexibility index (Phi) is 10.1. The van der Waals surface area contributed by atoms with Gasteiger partial charge in [-0.25, -0.2) is 0 Å². The molecule has 0 unspecified atom stereocenters.